The third-order valence-electron chi connectivity index (χ3n) is 3.92. The molecule has 2 aromatic heterocycles. The molecule has 0 amide bonds. The Morgan fingerprint density at radius 2 is 1.66 bits per heavy atom. The molecule has 0 radical (unpaired) electrons. The molecule has 0 saturated heterocycles. The van der Waals surface area contributed by atoms with E-state index in [2.05, 4.69) is 20.3 Å². The van der Waals surface area contributed by atoms with Gasteiger partial charge in [-0.2, -0.15) is 0 Å². The average molecular weight is 455 g/mol. The Labute approximate surface area is 177 Å². The van der Waals surface area contributed by atoms with Crippen molar-refractivity contribution in [2.45, 2.75) is 5.03 Å². The number of aromatic nitrogens is 3. The van der Waals surface area contributed by atoms with Crippen molar-refractivity contribution in [2.24, 2.45) is 0 Å². The molecule has 0 aliphatic carbocycles. The topological polar surface area (TPSA) is 103 Å². The maximum absolute atomic E-state index is 11.8. The van der Waals surface area contributed by atoms with E-state index < -0.39 is 9.84 Å². The number of pyridine rings is 1. The summed E-state index contributed by atoms with van der Waals surface area (Å²) in [6.07, 6.45) is 3.81. The van der Waals surface area contributed by atoms with Crippen molar-refractivity contribution in [2.75, 3.05) is 25.8 Å². The van der Waals surface area contributed by atoms with Crippen molar-refractivity contribution in [3.05, 3.63) is 46.8 Å². The Bertz CT molecular complexity index is 1140. The standard InChI is InChI=1S/C18H16Cl2N4O4S/c1-27-12-8-13(28-2)16(20)17(15(12)19)24-18-10(5-4-6-21-18)11-7-14(23-9-22-11)29(3,25)26/h4-9H,1-3H3,(H,21,24). The maximum Gasteiger partial charge on any atom is 0.192 e. The summed E-state index contributed by atoms with van der Waals surface area (Å²) in [5.74, 6) is 1.06. The highest BCUT2D eigenvalue weighted by molar-refractivity contribution is 7.90. The number of nitrogens with zero attached hydrogens (tertiary/aromatic N) is 3. The lowest BCUT2D eigenvalue weighted by atomic mass is 10.1. The van der Waals surface area contributed by atoms with Crippen LogP contribution in [-0.4, -0.2) is 43.8 Å². The van der Waals surface area contributed by atoms with Gasteiger partial charge in [0.05, 0.1) is 25.6 Å². The van der Waals surface area contributed by atoms with E-state index in [1.807, 2.05) is 0 Å². The summed E-state index contributed by atoms with van der Waals surface area (Å²) < 4.78 is 34.2. The number of ether oxygens (including phenoxy) is 2. The van der Waals surface area contributed by atoms with E-state index in [0.29, 0.717) is 34.3 Å². The molecular formula is C18H16Cl2N4O4S. The molecule has 1 N–H and O–H groups in total. The van der Waals surface area contributed by atoms with Crippen LogP contribution in [0.15, 0.2) is 41.8 Å². The first kappa shape index (κ1) is 21.1. The zero-order chi connectivity index (χ0) is 21.2. The van der Waals surface area contributed by atoms with Crippen LogP contribution in [0, 0.1) is 0 Å². The first-order valence-electron chi connectivity index (χ1n) is 8.10. The van der Waals surface area contributed by atoms with Crippen LogP contribution in [0.4, 0.5) is 11.5 Å². The number of anilines is 2. The van der Waals surface area contributed by atoms with E-state index in [9.17, 15) is 8.42 Å². The van der Waals surface area contributed by atoms with Crippen LogP contribution in [0.3, 0.4) is 0 Å². The van der Waals surface area contributed by atoms with Gasteiger partial charge in [-0.25, -0.2) is 23.4 Å². The Balaban J connectivity index is 2.13. The number of hydrogen-bond donors (Lipinski definition) is 1. The Kier molecular flexibility index (Phi) is 6.11. The van der Waals surface area contributed by atoms with Crippen molar-refractivity contribution >= 4 is 44.5 Å². The van der Waals surface area contributed by atoms with Gasteiger partial charge in [0.2, 0.25) is 0 Å². The molecule has 0 fully saturated rings. The van der Waals surface area contributed by atoms with Crippen molar-refractivity contribution < 1.29 is 17.9 Å². The summed E-state index contributed by atoms with van der Waals surface area (Å²) in [6, 6.07) is 6.35. The minimum atomic E-state index is -3.50. The van der Waals surface area contributed by atoms with Gasteiger partial charge in [0.1, 0.15) is 33.7 Å². The molecule has 3 rings (SSSR count). The molecule has 2 heterocycles. The summed E-state index contributed by atoms with van der Waals surface area (Å²) in [5.41, 5.74) is 1.20. The number of halogens is 2. The van der Waals surface area contributed by atoms with E-state index in [1.165, 1.54) is 26.6 Å². The van der Waals surface area contributed by atoms with Gasteiger partial charge in [0.15, 0.2) is 14.9 Å². The van der Waals surface area contributed by atoms with E-state index in [4.69, 9.17) is 32.7 Å². The predicted octanol–water partition coefficient (Wildman–Crippen LogP) is 4.01. The fourth-order valence-corrected chi connectivity index (χ4v) is 3.67. The molecule has 0 unspecified atom stereocenters. The number of nitrogens with one attached hydrogen (secondary N) is 1. The van der Waals surface area contributed by atoms with E-state index in [1.54, 1.807) is 24.4 Å². The SMILES string of the molecule is COc1cc(OC)c(Cl)c(Nc2ncccc2-c2cc(S(C)(=O)=O)ncn2)c1Cl. The molecule has 8 nitrogen and oxygen atoms in total. The second-order valence-corrected chi connectivity index (χ2v) is 8.54. The van der Waals surface area contributed by atoms with Crippen LogP contribution in [0.5, 0.6) is 11.5 Å². The Morgan fingerprint density at radius 1 is 1.00 bits per heavy atom. The molecule has 0 saturated carbocycles. The van der Waals surface area contributed by atoms with E-state index in [0.717, 1.165) is 6.26 Å². The predicted molar refractivity (Wildman–Crippen MR) is 111 cm³/mol. The molecule has 29 heavy (non-hydrogen) atoms. The minimum Gasteiger partial charge on any atom is -0.495 e. The highest BCUT2D eigenvalue weighted by Crippen LogP contribution is 2.45. The highest BCUT2D eigenvalue weighted by atomic mass is 35.5. The number of methoxy groups -OCH3 is 2. The van der Waals surface area contributed by atoms with Crippen LogP contribution < -0.4 is 14.8 Å². The fourth-order valence-electron chi connectivity index (χ4n) is 2.51. The van der Waals surface area contributed by atoms with Crippen molar-refractivity contribution in [1.29, 1.82) is 0 Å². The summed E-state index contributed by atoms with van der Waals surface area (Å²) in [4.78, 5) is 12.3. The zero-order valence-corrected chi connectivity index (χ0v) is 17.9. The third-order valence-corrected chi connectivity index (χ3v) is 5.66. The van der Waals surface area contributed by atoms with Gasteiger partial charge in [-0.05, 0) is 12.1 Å². The van der Waals surface area contributed by atoms with E-state index >= 15 is 0 Å². The lowest BCUT2D eigenvalue weighted by Crippen LogP contribution is -2.03. The van der Waals surface area contributed by atoms with Crippen LogP contribution in [0.2, 0.25) is 10.0 Å². The molecule has 0 bridgehead atoms. The van der Waals surface area contributed by atoms with Gasteiger partial charge in [-0.1, -0.05) is 23.2 Å². The molecule has 11 heteroatoms. The largest absolute Gasteiger partial charge is 0.495 e. The average Bonchev–Trinajstić information content (AvgIpc) is 2.71. The summed E-state index contributed by atoms with van der Waals surface area (Å²) in [6.45, 7) is 0. The van der Waals surface area contributed by atoms with Crippen LogP contribution in [0.1, 0.15) is 0 Å². The number of hydrogen-bond acceptors (Lipinski definition) is 8. The van der Waals surface area contributed by atoms with Crippen molar-refractivity contribution in [3.8, 4) is 22.8 Å². The summed E-state index contributed by atoms with van der Waals surface area (Å²) >= 11 is 12.8. The number of rotatable bonds is 6. The summed E-state index contributed by atoms with van der Waals surface area (Å²) in [7, 11) is -0.563. The Hall–Kier alpha value is -2.62. The quantitative estimate of drug-likeness (QED) is 0.557. The van der Waals surface area contributed by atoms with Gasteiger partial charge in [0.25, 0.3) is 0 Å². The van der Waals surface area contributed by atoms with Crippen LogP contribution >= 0.6 is 23.2 Å². The Morgan fingerprint density at radius 3 is 2.24 bits per heavy atom. The van der Waals surface area contributed by atoms with Crippen LogP contribution in [-0.2, 0) is 9.84 Å². The molecule has 0 spiro atoms. The zero-order valence-electron chi connectivity index (χ0n) is 15.6. The molecule has 0 aliphatic heterocycles. The lowest BCUT2D eigenvalue weighted by molar-refractivity contribution is 0.395. The molecule has 0 aliphatic rings. The molecular weight excluding hydrogens is 439 g/mol. The maximum atomic E-state index is 11.8. The molecule has 152 valence electrons. The minimum absolute atomic E-state index is 0.101. The van der Waals surface area contributed by atoms with Gasteiger partial charge in [0, 0.05) is 30.1 Å². The fraction of sp³-hybridized carbons (Fsp3) is 0.167. The highest BCUT2D eigenvalue weighted by Gasteiger charge is 2.20. The third kappa shape index (κ3) is 4.36. The lowest BCUT2D eigenvalue weighted by Gasteiger charge is -2.17. The van der Waals surface area contributed by atoms with Crippen molar-refractivity contribution in [1.82, 2.24) is 15.0 Å². The second-order valence-electron chi connectivity index (χ2n) is 5.82. The van der Waals surface area contributed by atoms with Gasteiger partial charge < -0.3 is 14.8 Å². The first-order valence-corrected chi connectivity index (χ1v) is 10.8. The molecule has 0 atom stereocenters. The molecule has 3 aromatic rings. The van der Waals surface area contributed by atoms with Crippen molar-refractivity contribution in [3.63, 3.8) is 0 Å². The smallest absolute Gasteiger partial charge is 0.192 e. The monoisotopic (exact) mass is 454 g/mol. The molecule has 1 aromatic carbocycles. The van der Waals surface area contributed by atoms with Gasteiger partial charge >= 0.3 is 0 Å². The second kappa shape index (κ2) is 8.40. The van der Waals surface area contributed by atoms with Gasteiger partial charge in [-0.3, -0.25) is 0 Å². The van der Waals surface area contributed by atoms with Crippen LogP contribution in [0.25, 0.3) is 11.3 Å². The van der Waals surface area contributed by atoms with E-state index in [-0.39, 0.29) is 15.1 Å². The number of benzene rings is 1. The summed E-state index contributed by atoms with van der Waals surface area (Å²) in [5, 5.41) is 3.43. The normalized spacial score (nSPS) is 11.2. The first-order chi connectivity index (χ1) is 13.8. The number of sulfone groups is 1. The van der Waals surface area contributed by atoms with Gasteiger partial charge in [-0.15, -0.1) is 0 Å².